The van der Waals surface area contributed by atoms with E-state index in [1.807, 2.05) is 0 Å². The Morgan fingerprint density at radius 3 is 1.53 bits per heavy atom. The molecule has 0 aromatic rings. The number of hydrogen-bond donors (Lipinski definition) is 0. The molecule has 0 radical (unpaired) electrons. The third kappa shape index (κ3) is 2.21. The fourth-order valence-electron chi connectivity index (χ4n) is 0.772. The highest BCUT2D eigenvalue weighted by Crippen LogP contribution is 2.53. The highest BCUT2D eigenvalue weighted by Gasteiger charge is 2.81. The van der Waals surface area contributed by atoms with Crippen LogP contribution in [0, 0.1) is 0 Å². The van der Waals surface area contributed by atoms with Gasteiger partial charge in [-0.05, 0) is 11.6 Å². The molecule has 0 heterocycles. The normalized spacial score (nSPS) is 14.9. The summed E-state index contributed by atoms with van der Waals surface area (Å²) in [7, 11) is 0. The van der Waals surface area contributed by atoms with E-state index < -0.39 is 35.4 Å². The summed E-state index contributed by atoms with van der Waals surface area (Å²) in [5, 5.41) is -3.14. The van der Waals surface area contributed by atoms with E-state index in [0.717, 1.165) is 0 Å². The van der Waals surface area contributed by atoms with E-state index in [4.69, 9.17) is 0 Å². The van der Waals surface area contributed by atoms with Crippen molar-refractivity contribution in [3.8, 4) is 0 Å². The number of alkyl halides is 8. The van der Waals surface area contributed by atoms with Crippen LogP contribution in [-0.4, -0.2) is 28.9 Å². The topological polar surface area (TPSA) is 17.1 Å². The highest BCUT2D eigenvalue weighted by molar-refractivity contribution is 6.65. The number of carbonyl (C=O) groups is 1. The van der Waals surface area contributed by atoms with Gasteiger partial charge in [-0.1, -0.05) is 6.92 Å². The van der Waals surface area contributed by atoms with Crippen molar-refractivity contribution in [1.29, 1.82) is 0 Å². The molecular weight excluding hydrogens is 288 g/mol. The molecule has 0 aromatic carbocycles. The fraction of sp³-hybridized carbons (Fsp3) is 0.857. The van der Waals surface area contributed by atoms with Crippen LogP contribution in [0.2, 0.25) is 0 Å². The Hall–Kier alpha value is -0.600. The molecule has 0 aliphatic rings. The molecule has 0 bridgehead atoms. The predicted molar refractivity (Wildman–Crippen MR) is 40.9 cm³/mol. The van der Waals surface area contributed by atoms with Crippen molar-refractivity contribution < 1.29 is 39.9 Å². The summed E-state index contributed by atoms with van der Waals surface area (Å²) in [4.78, 5) is 9.93. The van der Waals surface area contributed by atoms with Gasteiger partial charge in [-0.2, -0.15) is 35.1 Å². The lowest BCUT2D eigenvalue weighted by Gasteiger charge is -2.34. The monoisotopic (exact) mass is 292 g/mol. The van der Waals surface area contributed by atoms with Crippen molar-refractivity contribution in [2.24, 2.45) is 0 Å². The van der Waals surface area contributed by atoms with Gasteiger partial charge in [-0.3, -0.25) is 4.79 Å². The lowest BCUT2D eigenvalue weighted by molar-refractivity contribution is -0.355. The van der Waals surface area contributed by atoms with Gasteiger partial charge in [0.05, 0.1) is 0 Å². The van der Waals surface area contributed by atoms with Crippen LogP contribution in [0.4, 0.5) is 35.1 Å². The van der Waals surface area contributed by atoms with Crippen molar-refractivity contribution in [1.82, 2.24) is 0 Å². The predicted octanol–water partition coefficient (Wildman–Crippen LogP) is 3.70. The van der Waals surface area contributed by atoms with Crippen molar-refractivity contribution in [2.45, 2.75) is 37.0 Å². The molecule has 0 N–H and O–H groups in total. The van der Waals surface area contributed by atoms with Gasteiger partial charge in [-0.15, -0.1) is 0 Å². The second-order valence-electron chi connectivity index (χ2n) is 3.05. The van der Waals surface area contributed by atoms with Crippen molar-refractivity contribution >= 4 is 16.8 Å². The molecule has 102 valence electrons. The molecule has 0 spiro atoms. The van der Waals surface area contributed by atoms with Crippen LogP contribution in [0.3, 0.4) is 0 Å². The number of halogens is 9. The maximum atomic E-state index is 12.6. The van der Waals surface area contributed by atoms with Gasteiger partial charge < -0.3 is 0 Å². The molecule has 0 atom stereocenters. The van der Waals surface area contributed by atoms with Crippen molar-refractivity contribution in [2.75, 3.05) is 0 Å². The van der Waals surface area contributed by atoms with E-state index in [0.29, 0.717) is 6.92 Å². The minimum absolute atomic E-state index is 0.394. The first-order valence-electron chi connectivity index (χ1n) is 3.97. The van der Waals surface area contributed by atoms with Gasteiger partial charge in [0.2, 0.25) is 0 Å². The van der Waals surface area contributed by atoms with E-state index in [-0.39, 0.29) is 0 Å². The van der Waals surface area contributed by atoms with Crippen LogP contribution in [0.25, 0.3) is 0 Å². The number of carbonyl (C=O) groups excluding carboxylic acids is 1. The molecule has 0 rings (SSSR count). The van der Waals surface area contributed by atoms with Gasteiger partial charge >= 0.3 is 23.7 Å². The maximum absolute atomic E-state index is 12.6. The third-order valence-corrected chi connectivity index (χ3v) is 2.18. The Morgan fingerprint density at radius 1 is 0.941 bits per heavy atom. The minimum Gasteiger partial charge on any atom is -0.274 e. The Morgan fingerprint density at radius 2 is 1.29 bits per heavy atom. The van der Waals surface area contributed by atoms with Gasteiger partial charge in [0.25, 0.3) is 5.24 Å². The third-order valence-electron chi connectivity index (χ3n) is 1.94. The van der Waals surface area contributed by atoms with E-state index in [2.05, 4.69) is 11.6 Å². The zero-order chi connectivity index (χ0) is 14.3. The molecule has 17 heavy (non-hydrogen) atoms. The van der Waals surface area contributed by atoms with E-state index in [9.17, 15) is 39.9 Å². The van der Waals surface area contributed by atoms with E-state index in [1.54, 1.807) is 0 Å². The first-order valence-corrected chi connectivity index (χ1v) is 4.34. The molecule has 0 aliphatic carbocycles. The minimum atomic E-state index is -6.60. The second-order valence-corrected chi connectivity index (χ2v) is 3.40. The van der Waals surface area contributed by atoms with Crippen LogP contribution >= 0.6 is 11.6 Å². The van der Waals surface area contributed by atoms with E-state index in [1.165, 1.54) is 0 Å². The van der Waals surface area contributed by atoms with Crippen LogP contribution in [0.5, 0.6) is 0 Å². The summed E-state index contributed by atoms with van der Waals surface area (Å²) in [6, 6.07) is 0. The Balaban J connectivity index is 5.69. The summed E-state index contributed by atoms with van der Waals surface area (Å²) in [6.45, 7) is 0.394. The standard InChI is InChI=1S/C7H5ClF8O/c1-2-4(9,10)6(13,14)7(15,16)5(11,12)3(8)17/h2H2,1H3. The van der Waals surface area contributed by atoms with Crippen LogP contribution in [0.15, 0.2) is 0 Å². The second kappa shape index (κ2) is 4.25. The summed E-state index contributed by atoms with van der Waals surface area (Å²) in [5.74, 6) is -24.5. The molecule has 0 saturated heterocycles. The SMILES string of the molecule is CCC(F)(F)C(F)(F)C(F)(F)C(F)(F)C(=O)Cl. The van der Waals surface area contributed by atoms with Crippen LogP contribution < -0.4 is 0 Å². The number of hydrogen-bond acceptors (Lipinski definition) is 1. The summed E-state index contributed by atoms with van der Waals surface area (Å²) in [6.07, 6.45) is -1.82. The first kappa shape index (κ1) is 16.4. The summed E-state index contributed by atoms with van der Waals surface area (Å²) < 4.78 is 100. The lowest BCUT2D eigenvalue weighted by Crippen LogP contribution is -2.63. The lowest BCUT2D eigenvalue weighted by atomic mass is 9.98. The van der Waals surface area contributed by atoms with E-state index >= 15 is 0 Å². The van der Waals surface area contributed by atoms with Gasteiger partial charge in [0, 0.05) is 6.42 Å². The molecule has 1 nitrogen and oxygen atoms in total. The Kier molecular flexibility index (Phi) is 4.10. The van der Waals surface area contributed by atoms with Crippen molar-refractivity contribution in [3.63, 3.8) is 0 Å². The molecule has 0 aromatic heterocycles. The number of rotatable bonds is 5. The molecule has 0 unspecified atom stereocenters. The fourth-order valence-corrected chi connectivity index (χ4v) is 0.891. The molecule has 0 saturated carbocycles. The average Bonchev–Trinajstić information content (AvgIpc) is 2.16. The molecule has 10 heteroatoms. The first-order chi connectivity index (χ1) is 7.25. The molecule has 0 amide bonds. The molecular formula is C7H5ClF8O. The quantitative estimate of drug-likeness (QED) is 0.558. The molecule has 0 fully saturated rings. The summed E-state index contributed by atoms with van der Waals surface area (Å²) >= 11 is 4.01. The largest absolute Gasteiger partial charge is 0.388 e. The van der Waals surface area contributed by atoms with Crippen molar-refractivity contribution in [3.05, 3.63) is 0 Å². The highest BCUT2D eigenvalue weighted by atomic mass is 35.5. The van der Waals surface area contributed by atoms with Gasteiger partial charge in [-0.25, -0.2) is 0 Å². The smallest absolute Gasteiger partial charge is 0.274 e. The van der Waals surface area contributed by atoms with Gasteiger partial charge in [0.1, 0.15) is 0 Å². The Bertz CT molecular complexity index is 313. The zero-order valence-electron chi connectivity index (χ0n) is 8.02. The van der Waals surface area contributed by atoms with Gasteiger partial charge in [0.15, 0.2) is 0 Å². The van der Waals surface area contributed by atoms with Crippen LogP contribution in [0.1, 0.15) is 13.3 Å². The average molecular weight is 293 g/mol. The zero-order valence-corrected chi connectivity index (χ0v) is 8.77. The van der Waals surface area contributed by atoms with Crippen LogP contribution in [-0.2, 0) is 4.79 Å². The Labute approximate surface area is 94.7 Å². The maximum Gasteiger partial charge on any atom is 0.388 e. The molecule has 0 aliphatic heterocycles. The summed E-state index contributed by atoms with van der Waals surface area (Å²) in [5.41, 5.74) is 0.